The van der Waals surface area contributed by atoms with Gasteiger partial charge in [0.1, 0.15) is 0 Å². The van der Waals surface area contributed by atoms with Gasteiger partial charge in [0.25, 0.3) is 5.91 Å². The van der Waals surface area contributed by atoms with Crippen molar-refractivity contribution >= 4 is 17.7 Å². The number of carbonyl (C=O) groups excluding carboxylic acids is 1. The molecule has 0 spiro atoms. The van der Waals surface area contributed by atoms with Gasteiger partial charge in [-0.25, -0.2) is 5.43 Å². The molecule has 4 heteroatoms. The molecule has 1 N–H and O–H groups in total. The van der Waals surface area contributed by atoms with Crippen LogP contribution in [0.25, 0.3) is 6.08 Å². The van der Waals surface area contributed by atoms with Gasteiger partial charge in [-0.2, -0.15) is 5.10 Å². The first kappa shape index (κ1) is 13.7. The van der Waals surface area contributed by atoms with Crippen molar-refractivity contribution in [2.75, 3.05) is 0 Å². The Balaban J connectivity index is 1.95. The average Bonchev–Trinajstić information content (AvgIpc) is 2.52. The maximum atomic E-state index is 11.8. The molecule has 0 aliphatic carbocycles. The molecule has 20 heavy (non-hydrogen) atoms. The zero-order valence-corrected chi connectivity index (χ0v) is 11.2. The van der Waals surface area contributed by atoms with E-state index in [0.29, 0.717) is 5.56 Å². The first-order valence-electron chi connectivity index (χ1n) is 6.23. The van der Waals surface area contributed by atoms with Gasteiger partial charge in [0, 0.05) is 18.0 Å². The van der Waals surface area contributed by atoms with E-state index in [1.165, 1.54) is 0 Å². The lowest BCUT2D eigenvalue weighted by atomic mass is 10.2. The summed E-state index contributed by atoms with van der Waals surface area (Å²) < 4.78 is 0. The Hall–Kier alpha value is -2.75. The zero-order valence-electron chi connectivity index (χ0n) is 11.2. The van der Waals surface area contributed by atoms with Crippen molar-refractivity contribution < 1.29 is 4.79 Å². The first-order chi connectivity index (χ1) is 9.75. The molecule has 1 aromatic heterocycles. The van der Waals surface area contributed by atoms with Gasteiger partial charge in [-0.15, -0.1) is 0 Å². The molecule has 0 saturated carbocycles. The van der Waals surface area contributed by atoms with E-state index in [2.05, 4.69) is 15.5 Å². The number of allylic oxidation sites excluding steroid dienone is 1. The van der Waals surface area contributed by atoms with Gasteiger partial charge < -0.3 is 0 Å². The molecule has 2 rings (SSSR count). The van der Waals surface area contributed by atoms with Gasteiger partial charge >= 0.3 is 0 Å². The summed E-state index contributed by atoms with van der Waals surface area (Å²) >= 11 is 0. The lowest BCUT2D eigenvalue weighted by Crippen LogP contribution is -2.18. The van der Waals surface area contributed by atoms with E-state index in [0.717, 1.165) is 11.3 Å². The Morgan fingerprint density at radius 3 is 2.55 bits per heavy atom. The van der Waals surface area contributed by atoms with Crippen LogP contribution in [0.5, 0.6) is 0 Å². The van der Waals surface area contributed by atoms with Crippen LogP contribution in [0.1, 0.15) is 22.8 Å². The molecule has 1 aromatic carbocycles. The number of rotatable bonds is 4. The summed E-state index contributed by atoms with van der Waals surface area (Å²) in [5.74, 6) is -0.250. The highest BCUT2D eigenvalue weighted by Crippen LogP contribution is 2.01. The van der Waals surface area contributed by atoms with Crippen molar-refractivity contribution in [1.82, 2.24) is 10.4 Å². The van der Waals surface area contributed by atoms with E-state index in [1.807, 2.05) is 49.4 Å². The highest BCUT2D eigenvalue weighted by atomic mass is 16.2. The van der Waals surface area contributed by atoms with Gasteiger partial charge in [0.15, 0.2) is 0 Å². The average molecular weight is 265 g/mol. The zero-order chi connectivity index (χ0) is 14.2. The van der Waals surface area contributed by atoms with Crippen molar-refractivity contribution in [3.05, 3.63) is 72.1 Å². The molecule has 0 unspecified atom stereocenters. The van der Waals surface area contributed by atoms with Crippen LogP contribution in [0.4, 0.5) is 0 Å². The van der Waals surface area contributed by atoms with Crippen LogP contribution in [0, 0.1) is 0 Å². The largest absolute Gasteiger partial charge is 0.271 e. The van der Waals surface area contributed by atoms with Crippen molar-refractivity contribution in [2.24, 2.45) is 5.10 Å². The molecule has 0 atom stereocenters. The van der Waals surface area contributed by atoms with Gasteiger partial charge in [-0.05, 0) is 30.7 Å². The number of hydrogen-bond acceptors (Lipinski definition) is 3. The van der Waals surface area contributed by atoms with Crippen LogP contribution >= 0.6 is 0 Å². The van der Waals surface area contributed by atoms with Gasteiger partial charge in [0.2, 0.25) is 0 Å². The van der Waals surface area contributed by atoms with Crippen LogP contribution in [0.3, 0.4) is 0 Å². The third kappa shape index (κ3) is 4.17. The Kier molecular flexibility index (Phi) is 4.78. The summed E-state index contributed by atoms with van der Waals surface area (Å²) in [4.78, 5) is 15.6. The molecule has 0 aliphatic heterocycles. The molecule has 4 nitrogen and oxygen atoms in total. The molecule has 1 amide bonds. The van der Waals surface area contributed by atoms with Gasteiger partial charge in [-0.3, -0.25) is 9.78 Å². The summed E-state index contributed by atoms with van der Waals surface area (Å²) in [5, 5.41) is 4.03. The van der Waals surface area contributed by atoms with Gasteiger partial charge in [0.05, 0.1) is 5.71 Å². The van der Waals surface area contributed by atoms with Crippen molar-refractivity contribution in [2.45, 2.75) is 6.92 Å². The third-order valence-electron chi connectivity index (χ3n) is 2.59. The maximum Gasteiger partial charge on any atom is 0.271 e. The molecular formula is C16H15N3O. The van der Waals surface area contributed by atoms with Crippen LogP contribution in [-0.4, -0.2) is 16.6 Å². The van der Waals surface area contributed by atoms with Crippen LogP contribution in [-0.2, 0) is 0 Å². The standard InChI is InChI=1S/C16H15N3O/c1-13(7-8-14-5-3-2-4-6-14)18-19-16(20)15-9-11-17-12-10-15/h2-12H,1H3,(H,19,20)/b8-7+,18-13?. The molecule has 100 valence electrons. The van der Waals surface area contributed by atoms with E-state index in [1.54, 1.807) is 24.5 Å². The number of carbonyl (C=O) groups is 1. The maximum absolute atomic E-state index is 11.8. The highest BCUT2D eigenvalue weighted by molar-refractivity contribution is 5.99. The second-order valence-electron chi connectivity index (χ2n) is 4.17. The van der Waals surface area contributed by atoms with E-state index in [-0.39, 0.29) is 5.91 Å². The minimum absolute atomic E-state index is 0.250. The van der Waals surface area contributed by atoms with E-state index in [4.69, 9.17) is 0 Å². The fourth-order valence-corrected chi connectivity index (χ4v) is 1.53. The lowest BCUT2D eigenvalue weighted by molar-refractivity contribution is 0.0954. The van der Waals surface area contributed by atoms with Crippen molar-refractivity contribution in [3.8, 4) is 0 Å². The lowest BCUT2D eigenvalue weighted by Gasteiger charge is -1.99. The second kappa shape index (κ2) is 6.99. The minimum atomic E-state index is -0.250. The molecule has 0 bridgehead atoms. The number of nitrogens with zero attached hydrogens (tertiary/aromatic N) is 2. The summed E-state index contributed by atoms with van der Waals surface area (Å²) in [6.45, 7) is 1.83. The Bertz CT molecular complexity index is 619. The quantitative estimate of drug-likeness (QED) is 0.682. The fraction of sp³-hybridized carbons (Fsp3) is 0.0625. The monoisotopic (exact) mass is 265 g/mol. The molecule has 1 heterocycles. The Morgan fingerprint density at radius 1 is 1.15 bits per heavy atom. The van der Waals surface area contributed by atoms with Crippen LogP contribution in [0.2, 0.25) is 0 Å². The topological polar surface area (TPSA) is 54.4 Å². The molecule has 0 radical (unpaired) electrons. The predicted octanol–water partition coefficient (Wildman–Crippen LogP) is 2.90. The van der Waals surface area contributed by atoms with Gasteiger partial charge in [-0.1, -0.05) is 36.4 Å². The van der Waals surface area contributed by atoms with Crippen molar-refractivity contribution in [3.63, 3.8) is 0 Å². The summed E-state index contributed by atoms with van der Waals surface area (Å²) in [6.07, 6.45) is 6.93. The van der Waals surface area contributed by atoms with E-state index >= 15 is 0 Å². The molecule has 0 saturated heterocycles. The predicted molar refractivity (Wildman–Crippen MR) is 80.3 cm³/mol. The number of nitrogens with one attached hydrogen (secondary N) is 1. The SMILES string of the molecule is CC(/C=C/c1ccccc1)=NNC(=O)c1ccncc1. The van der Waals surface area contributed by atoms with E-state index < -0.39 is 0 Å². The number of benzene rings is 1. The molecule has 0 aliphatic rings. The third-order valence-corrected chi connectivity index (χ3v) is 2.59. The molecular weight excluding hydrogens is 250 g/mol. The number of hydrogen-bond donors (Lipinski definition) is 1. The van der Waals surface area contributed by atoms with Crippen LogP contribution < -0.4 is 5.43 Å². The Morgan fingerprint density at radius 2 is 1.85 bits per heavy atom. The summed E-state index contributed by atoms with van der Waals surface area (Å²) in [6, 6.07) is 13.2. The van der Waals surface area contributed by atoms with E-state index in [9.17, 15) is 4.79 Å². The minimum Gasteiger partial charge on any atom is -0.267 e. The Labute approximate surface area is 117 Å². The highest BCUT2D eigenvalue weighted by Gasteiger charge is 2.02. The fourth-order valence-electron chi connectivity index (χ4n) is 1.53. The second-order valence-corrected chi connectivity index (χ2v) is 4.17. The molecule has 0 fully saturated rings. The molecule has 2 aromatic rings. The number of amides is 1. The number of aromatic nitrogens is 1. The van der Waals surface area contributed by atoms with Crippen molar-refractivity contribution in [1.29, 1.82) is 0 Å². The summed E-state index contributed by atoms with van der Waals surface area (Å²) in [7, 11) is 0. The summed E-state index contributed by atoms with van der Waals surface area (Å²) in [5.41, 5.74) is 4.84. The number of pyridine rings is 1. The normalized spacial score (nSPS) is 11.6. The smallest absolute Gasteiger partial charge is 0.267 e. The van der Waals surface area contributed by atoms with Crippen LogP contribution in [0.15, 0.2) is 66.0 Å². The first-order valence-corrected chi connectivity index (χ1v) is 6.23. The number of hydrazone groups is 1.